The van der Waals surface area contributed by atoms with Gasteiger partial charge in [-0.3, -0.25) is 15.0 Å². The van der Waals surface area contributed by atoms with Gasteiger partial charge in [0.2, 0.25) is 22.7 Å². The Hall–Kier alpha value is -3.63. The van der Waals surface area contributed by atoms with E-state index in [9.17, 15) is 23.1 Å². The molecule has 2 amide bonds. The van der Waals surface area contributed by atoms with Gasteiger partial charge >= 0.3 is 0 Å². The maximum Gasteiger partial charge on any atom is 0.252 e. The number of sulfonamides is 1. The Morgan fingerprint density at radius 3 is 2.46 bits per heavy atom. The molecule has 41 heavy (non-hydrogen) atoms. The molecule has 2 aromatic carbocycles. The smallest absolute Gasteiger partial charge is 0.252 e. The summed E-state index contributed by atoms with van der Waals surface area (Å²) in [6, 6.07) is 12.5. The SMILES string of the molecule is C#CCCC(=O)N(NC(=O)CNC)[C@@H](Cc1ccccc1)[C@H](O)CN(CC(C)C)S(=O)(=O)c1ccc2c(c1)OCO2. The lowest BCUT2D eigenvalue weighted by Gasteiger charge is -2.37. The predicted molar refractivity (Wildman–Crippen MR) is 153 cm³/mol. The fraction of sp³-hybridized carbons (Fsp3) is 0.448. The highest BCUT2D eigenvalue weighted by atomic mass is 32.2. The number of aliphatic hydroxyl groups is 1. The first-order valence-electron chi connectivity index (χ1n) is 13.4. The first-order chi connectivity index (χ1) is 19.6. The number of hydrazine groups is 1. The second-order valence-electron chi connectivity index (χ2n) is 10.1. The van der Waals surface area contributed by atoms with Gasteiger partial charge in [-0.2, -0.15) is 4.31 Å². The number of terminal acetylenes is 1. The Bertz CT molecular complexity index is 1330. The molecule has 0 aromatic heterocycles. The summed E-state index contributed by atoms with van der Waals surface area (Å²) in [7, 11) is -2.51. The minimum Gasteiger partial charge on any atom is -0.454 e. The number of aliphatic hydroxyl groups excluding tert-OH is 1. The summed E-state index contributed by atoms with van der Waals surface area (Å²) in [6.45, 7) is 3.41. The number of rotatable bonds is 14. The van der Waals surface area contributed by atoms with Gasteiger partial charge in [-0.1, -0.05) is 44.2 Å². The minimum atomic E-state index is -4.10. The van der Waals surface area contributed by atoms with E-state index in [1.165, 1.54) is 22.5 Å². The van der Waals surface area contributed by atoms with Crippen molar-refractivity contribution in [1.29, 1.82) is 0 Å². The summed E-state index contributed by atoms with van der Waals surface area (Å²) in [5.74, 6) is 2.10. The summed E-state index contributed by atoms with van der Waals surface area (Å²) in [5, 5.41) is 15.5. The zero-order valence-corrected chi connectivity index (χ0v) is 24.4. The molecule has 1 aliphatic heterocycles. The average Bonchev–Trinajstić information content (AvgIpc) is 3.42. The molecule has 222 valence electrons. The molecule has 0 spiro atoms. The van der Waals surface area contributed by atoms with E-state index in [1.807, 2.05) is 44.2 Å². The lowest BCUT2D eigenvalue weighted by molar-refractivity contribution is -0.147. The molecule has 11 nitrogen and oxygen atoms in total. The standard InChI is InChI=1S/C29H38N4O7S/c1-5-6-12-29(36)33(31-28(35)17-30-4)24(15-22-10-8-7-9-11-22)25(34)19-32(18-21(2)3)41(37,38)23-13-14-26-27(16-23)40-20-39-26/h1,7-11,13-14,16,21,24-25,30,34H,6,12,15,17-20H2,2-4H3,(H,31,35)/t24-,25+/m0/s1. The van der Waals surface area contributed by atoms with Crippen molar-refractivity contribution in [2.45, 2.75) is 50.2 Å². The van der Waals surface area contributed by atoms with Gasteiger partial charge in [-0.05, 0) is 37.1 Å². The highest BCUT2D eigenvalue weighted by Crippen LogP contribution is 2.35. The maximum absolute atomic E-state index is 13.8. The fourth-order valence-electron chi connectivity index (χ4n) is 4.41. The highest BCUT2D eigenvalue weighted by Gasteiger charge is 2.36. The van der Waals surface area contributed by atoms with Crippen LogP contribution in [0.25, 0.3) is 0 Å². The molecule has 2 atom stereocenters. The van der Waals surface area contributed by atoms with E-state index < -0.39 is 34.0 Å². The number of ether oxygens (including phenoxy) is 2. The van der Waals surface area contributed by atoms with Gasteiger partial charge in [0.1, 0.15) is 0 Å². The summed E-state index contributed by atoms with van der Waals surface area (Å²) in [4.78, 5) is 25.9. The molecule has 3 rings (SSSR count). The molecule has 3 N–H and O–H groups in total. The van der Waals surface area contributed by atoms with Gasteiger partial charge in [-0.15, -0.1) is 12.3 Å². The van der Waals surface area contributed by atoms with Crippen LogP contribution in [0.15, 0.2) is 53.4 Å². The van der Waals surface area contributed by atoms with Gasteiger partial charge in [0.15, 0.2) is 11.5 Å². The van der Waals surface area contributed by atoms with Gasteiger partial charge in [0.05, 0.1) is 23.6 Å². The first-order valence-corrected chi connectivity index (χ1v) is 14.8. The van der Waals surface area contributed by atoms with Crippen molar-refractivity contribution in [3.63, 3.8) is 0 Å². The van der Waals surface area contributed by atoms with Crippen LogP contribution in [0.3, 0.4) is 0 Å². The lowest BCUT2D eigenvalue weighted by Crippen LogP contribution is -2.60. The van der Waals surface area contributed by atoms with Crippen LogP contribution >= 0.6 is 0 Å². The molecule has 1 aliphatic rings. The predicted octanol–water partition coefficient (Wildman–Crippen LogP) is 1.53. The van der Waals surface area contributed by atoms with E-state index >= 15 is 0 Å². The molecule has 0 bridgehead atoms. The molecule has 0 aliphatic carbocycles. The van der Waals surface area contributed by atoms with E-state index in [4.69, 9.17) is 15.9 Å². The van der Waals surface area contributed by atoms with Crippen molar-refractivity contribution in [2.75, 3.05) is 33.5 Å². The van der Waals surface area contributed by atoms with Crippen LogP contribution in [0.4, 0.5) is 0 Å². The summed E-state index contributed by atoms with van der Waals surface area (Å²) in [5.41, 5.74) is 3.38. The monoisotopic (exact) mass is 586 g/mol. The number of hydrogen-bond acceptors (Lipinski definition) is 8. The van der Waals surface area contributed by atoms with E-state index in [-0.39, 0.29) is 56.5 Å². The Labute approximate surface area is 241 Å². The summed E-state index contributed by atoms with van der Waals surface area (Å²) in [6.07, 6.45) is 4.19. The van der Waals surface area contributed by atoms with Crippen LogP contribution in [0.5, 0.6) is 11.5 Å². The van der Waals surface area contributed by atoms with Crippen LogP contribution in [0.2, 0.25) is 0 Å². The number of benzene rings is 2. The Kier molecular flexibility index (Phi) is 11.5. The van der Waals surface area contributed by atoms with Crippen molar-refractivity contribution in [1.82, 2.24) is 20.1 Å². The number of hydrogen-bond donors (Lipinski definition) is 3. The molecule has 1 heterocycles. The molecule has 0 saturated heterocycles. The number of nitrogens with zero attached hydrogens (tertiary/aromatic N) is 2. The van der Waals surface area contributed by atoms with Gasteiger partial charge in [-0.25, -0.2) is 13.4 Å². The van der Waals surface area contributed by atoms with Crippen LogP contribution < -0.4 is 20.2 Å². The lowest BCUT2D eigenvalue weighted by atomic mass is 9.99. The fourth-order valence-corrected chi connectivity index (χ4v) is 6.05. The molecule has 0 saturated carbocycles. The van der Waals surface area contributed by atoms with Crippen LogP contribution in [-0.4, -0.2) is 80.3 Å². The third-order valence-corrected chi connectivity index (χ3v) is 8.17. The van der Waals surface area contributed by atoms with Gasteiger partial charge in [0.25, 0.3) is 5.91 Å². The molecule has 0 radical (unpaired) electrons. The Balaban J connectivity index is 1.98. The molecule has 2 aromatic rings. The number of fused-ring (bicyclic) bond motifs is 1. The quantitative estimate of drug-likeness (QED) is 0.224. The molecule has 0 fully saturated rings. The number of amides is 2. The normalized spacial score (nSPS) is 14.0. The van der Waals surface area contributed by atoms with Crippen molar-refractivity contribution in [3.8, 4) is 23.8 Å². The summed E-state index contributed by atoms with van der Waals surface area (Å²) < 4.78 is 39.5. The van der Waals surface area contributed by atoms with Crippen LogP contribution in [0.1, 0.15) is 32.3 Å². The van der Waals surface area contributed by atoms with E-state index in [1.54, 1.807) is 7.05 Å². The molecular weight excluding hydrogens is 548 g/mol. The largest absolute Gasteiger partial charge is 0.454 e. The number of likely N-dealkylation sites (N-methyl/N-ethyl adjacent to an activating group) is 1. The van der Waals surface area contributed by atoms with Crippen molar-refractivity contribution >= 4 is 21.8 Å². The zero-order valence-electron chi connectivity index (χ0n) is 23.6. The van der Waals surface area contributed by atoms with Crippen molar-refractivity contribution < 1.29 is 32.6 Å². The van der Waals surface area contributed by atoms with E-state index in [2.05, 4.69) is 16.7 Å². The van der Waals surface area contributed by atoms with Crippen molar-refractivity contribution in [2.24, 2.45) is 5.92 Å². The molecule has 12 heteroatoms. The number of carbonyl (C=O) groups excluding carboxylic acids is 2. The van der Waals surface area contributed by atoms with Crippen LogP contribution in [-0.2, 0) is 26.0 Å². The Morgan fingerprint density at radius 1 is 1.10 bits per heavy atom. The summed E-state index contributed by atoms with van der Waals surface area (Å²) >= 11 is 0. The zero-order chi connectivity index (χ0) is 30.0. The topological polar surface area (TPSA) is 138 Å². The first kappa shape index (κ1) is 31.9. The Morgan fingerprint density at radius 2 is 1.80 bits per heavy atom. The second kappa shape index (κ2) is 14.8. The van der Waals surface area contributed by atoms with Crippen molar-refractivity contribution in [3.05, 3.63) is 54.1 Å². The number of carbonyl (C=O) groups is 2. The van der Waals surface area contributed by atoms with Gasteiger partial charge < -0.3 is 19.9 Å². The van der Waals surface area contributed by atoms with E-state index in [0.717, 1.165) is 10.6 Å². The average molecular weight is 587 g/mol. The molecule has 0 unspecified atom stereocenters. The van der Waals surface area contributed by atoms with E-state index in [0.29, 0.717) is 11.5 Å². The van der Waals surface area contributed by atoms with Crippen LogP contribution in [0, 0.1) is 18.3 Å². The van der Waals surface area contributed by atoms with Gasteiger partial charge in [0, 0.05) is 32.0 Å². The minimum absolute atomic E-state index is 0.00274. The number of nitrogens with one attached hydrogen (secondary N) is 2. The third kappa shape index (κ3) is 8.68. The highest BCUT2D eigenvalue weighted by molar-refractivity contribution is 7.89. The maximum atomic E-state index is 13.8. The second-order valence-corrected chi connectivity index (χ2v) is 12.0. The third-order valence-electron chi connectivity index (χ3n) is 6.34. The molecular formula is C29H38N4O7S.